The Hall–Kier alpha value is -2.70. The van der Waals surface area contributed by atoms with E-state index < -0.39 is 0 Å². The van der Waals surface area contributed by atoms with Gasteiger partial charge in [0.2, 0.25) is 0 Å². The third kappa shape index (κ3) is 2.62. The monoisotopic (exact) mass is 292 g/mol. The molecule has 7 nitrogen and oxygen atoms in total. The van der Waals surface area contributed by atoms with Crippen LogP contribution >= 0.6 is 0 Å². The van der Waals surface area contributed by atoms with Crippen LogP contribution in [0, 0.1) is 0 Å². The molecule has 0 unspecified atom stereocenters. The standard InChI is InChI=1S/C14H17N3O4/c1-17-9(13(18)16-14(17)15)5-8-6-11(20-3)12(21-4)7-10(8)19-2/h5-7H,1-4H3,(H2,15,16,18)/p+1. The Bertz CT molecular complexity index is 650. The molecule has 2 rings (SSSR count). The number of carbonyl (C=O) groups excluding carboxylic acids is 1. The average Bonchev–Trinajstić information content (AvgIpc) is 2.73. The van der Waals surface area contributed by atoms with Crippen LogP contribution in [-0.4, -0.2) is 44.8 Å². The first-order valence-electron chi connectivity index (χ1n) is 6.21. The van der Waals surface area contributed by atoms with Gasteiger partial charge in [-0.05, 0) is 12.1 Å². The van der Waals surface area contributed by atoms with Crippen LogP contribution in [0.1, 0.15) is 5.56 Å². The van der Waals surface area contributed by atoms with Crippen LogP contribution in [0.2, 0.25) is 0 Å². The Morgan fingerprint density at radius 2 is 1.67 bits per heavy atom. The highest BCUT2D eigenvalue weighted by Gasteiger charge is 2.29. The molecule has 0 aromatic heterocycles. The van der Waals surface area contributed by atoms with Crippen molar-refractivity contribution in [2.24, 2.45) is 5.73 Å². The predicted octanol–water partition coefficient (Wildman–Crippen LogP) is 0.140. The highest BCUT2D eigenvalue weighted by molar-refractivity contribution is 6.08. The van der Waals surface area contributed by atoms with Crippen molar-refractivity contribution in [2.45, 2.75) is 0 Å². The van der Waals surface area contributed by atoms with Gasteiger partial charge in [-0.1, -0.05) is 0 Å². The highest BCUT2D eigenvalue weighted by Crippen LogP contribution is 2.35. The summed E-state index contributed by atoms with van der Waals surface area (Å²) < 4.78 is 17.4. The number of guanidine groups is 1. The molecule has 1 aliphatic heterocycles. The quantitative estimate of drug-likeness (QED) is 0.609. The lowest BCUT2D eigenvalue weighted by Crippen LogP contribution is -2.32. The van der Waals surface area contributed by atoms with Crippen molar-refractivity contribution < 1.29 is 23.6 Å². The molecule has 1 aromatic rings. The second-order valence-electron chi connectivity index (χ2n) is 4.38. The lowest BCUT2D eigenvalue weighted by molar-refractivity contribution is -0.432. The van der Waals surface area contributed by atoms with Crippen LogP contribution in [0.3, 0.4) is 0 Å². The van der Waals surface area contributed by atoms with E-state index in [2.05, 4.69) is 5.32 Å². The summed E-state index contributed by atoms with van der Waals surface area (Å²) >= 11 is 0. The fourth-order valence-corrected chi connectivity index (χ4v) is 2.02. The zero-order chi connectivity index (χ0) is 15.6. The van der Waals surface area contributed by atoms with E-state index in [1.165, 1.54) is 0 Å². The molecular weight excluding hydrogens is 274 g/mol. The van der Waals surface area contributed by atoms with Gasteiger partial charge in [0.15, 0.2) is 17.2 Å². The number of carbonyl (C=O) groups is 1. The Labute approximate surface area is 122 Å². The fourth-order valence-electron chi connectivity index (χ4n) is 2.02. The Balaban J connectivity index is 2.56. The van der Waals surface area contributed by atoms with Gasteiger partial charge in [-0.15, -0.1) is 0 Å². The second-order valence-corrected chi connectivity index (χ2v) is 4.38. The number of likely N-dealkylation sites (N-methyl/N-ethyl adjacent to an activating group) is 1. The number of nitrogens with one attached hydrogen (secondary N) is 1. The second kappa shape index (κ2) is 5.74. The molecule has 1 amide bonds. The number of hydrogen-bond acceptors (Lipinski definition) is 5. The van der Waals surface area contributed by atoms with Gasteiger partial charge in [-0.25, -0.2) is 14.7 Å². The van der Waals surface area contributed by atoms with Crippen molar-refractivity contribution in [1.29, 1.82) is 0 Å². The molecular formula is C14H18N3O4+. The molecule has 0 saturated heterocycles. The van der Waals surface area contributed by atoms with E-state index in [-0.39, 0.29) is 11.9 Å². The summed E-state index contributed by atoms with van der Waals surface area (Å²) in [5.74, 6) is 1.67. The van der Waals surface area contributed by atoms with Crippen LogP contribution < -0.4 is 25.3 Å². The predicted molar refractivity (Wildman–Crippen MR) is 77.6 cm³/mol. The van der Waals surface area contributed by atoms with Crippen molar-refractivity contribution in [3.8, 4) is 17.2 Å². The number of methoxy groups -OCH3 is 3. The minimum atomic E-state index is -0.271. The molecule has 1 aliphatic rings. The number of rotatable bonds is 4. The van der Waals surface area contributed by atoms with Gasteiger partial charge < -0.3 is 14.2 Å². The summed E-state index contributed by atoms with van der Waals surface area (Å²) in [5, 5.41) is 2.54. The number of nitrogens with two attached hydrogens (primary N) is 1. The van der Waals surface area contributed by atoms with Gasteiger partial charge in [-0.3, -0.25) is 5.73 Å². The van der Waals surface area contributed by atoms with E-state index in [1.807, 2.05) is 0 Å². The van der Waals surface area contributed by atoms with Gasteiger partial charge in [-0.2, -0.15) is 0 Å². The summed E-state index contributed by atoms with van der Waals surface area (Å²) in [5.41, 5.74) is 6.78. The van der Waals surface area contributed by atoms with Gasteiger partial charge in [0.05, 0.1) is 28.4 Å². The highest BCUT2D eigenvalue weighted by atomic mass is 16.5. The molecule has 0 spiro atoms. The Kier molecular flexibility index (Phi) is 4.02. The minimum absolute atomic E-state index is 0.271. The van der Waals surface area contributed by atoms with E-state index in [0.717, 1.165) is 0 Å². The molecule has 7 heteroatoms. The lowest BCUT2D eigenvalue weighted by Gasteiger charge is -2.12. The largest absolute Gasteiger partial charge is 0.496 e. The van der Waals surface area contributed by atoms with Gasteiger partial charge >= 0.3 is 11.9 Å². The average molecular weight is 292 g/mol. The third-order valence-electron chi connectivity index (χ3n) is 3.23. The maximum Gasteiger partial charge on any atom is 0.356 e. The van der Waals surface area contributed by atoms with E-state index in [0.29, 0.717) is 28.5 Å². The molecule has 0 fully saturated rings. The molecule has 1 heterocycles. The van der Waals surface area contributed by atoms with Crippen LogP contribution in [0.15, 0.2) is 17.8 Å². The molecule has 112 valence electrons. The number of amides is 1. The molecule has 21 heavy (non-hydrogen) atoms. The SMILES string of the molecule is COc1cc(OC)c(OC)cc1C=C1C(=O)NC(N)=[N+]1C. The molecule has 0 radical (unpaired) electrons. The Morgan fingerprint density at radius 3 is 2.14 bits per heavy atom. The van der Waals surface area contributed by atoms with Crippen LogP contribution in [0.4, 0.5) is 0 Å². The number of hydrogen-bond donors (Lipinski definition) is 2. The summed E-state index contributed by atoms with van der Waals surface area (Å²) in [6, 6.07) is 3.44. The van der Waals surface area contributed by atoms with E-state index in [1.54, 1.807) is 51.2 Å². The Morgan fingerprint density at radius 1 is 1.10 bits per heavy atom. The van der Waals surface area contributed by atoms with Crippen LogP contribution in [0.5, 0.6) is 17.2 Å². The van der Waals surface area contributed by atoms with Crippen molar-refractivity contribution in [2.75, 3.05) is 28.4 Å². The number of ether oxygens (including phenoxy) is 3. The first-order valence-corrected chi connectivity index (χ1v) is 6.21. The lowest BCUT2D eigenvalue weighted by atomic mass is 10.1. The first-order chi connectivity index (χ1) is 10.0. The van der Waals surface area contributed by atoms with E-state index in [4.69, 9.17) is 19.9 Å². The maximum atomic E-state index is 11.9. The molecule has 0 aliphatic carbocycles. The fraction of sp³-hybridized carbons (Fsp3) is 0.286. The van der Waals surface area contributed by atoms with E-state index in [9.17, 15) is 4.79 Å². The van der Waals surface area contributed by atoms with Gasteiger partial charge in [0.25, 0.3) is 0 Å². The molecule has 0 atom stereocenters. The third-order valence-corrected chi connectivity index (χ3v) is 3.23. The smallest absolute Gasteiger partial charge is 0.356 e. The minimum Gasteiger partial charge on any atom is -0.496 e. The summed E-state index contributed by atoms with van der Waals surface area (Å²) in [7, 11) is 6.33. The maximum absolute atomic E-state index is 11.9. The number of nitrogens with zero attached hydrogens (tertiary/aromatic N) is 1. The zero-order valence-corrected chi connectivity index (χ0v) is 12.4. The van der Waals surface area contributed by atoms with Crippen molar-refractivity contribution in [1.82, 2.24) is 5.32 Å². The van der Waals surface area contributed by atoms with Gasteiger partial charge in [0.1, 0.15) is 5.75 Å². The van der Waals surface area contributed by atoms with Crippen molar-refractivity contribution in [3.63, 3.8) is 0 Å². The normalized spacial score (nSPS) is 16.2. The van der Waals surface area contributed by atoms with Gasteiger partial charge in [0, 0.05) is 11.6 Å². The molecule has 3 N–H and O–H groups in total. The molecule has 0 bridgehead atoms. The van der Waals surface area contributed by atoms with Crippen molar-refractivity contribution >= 4 is 17.9 Å². The topological polar surface area (TPSA) is 85.8 Å². The first kappa shape index (κ1) is 14.7. The zero-order valence-electron chi connectivity index (χ0n) is 12.4. The molecule has 1 aromatic carbocycles. The van der Waals surface area contributed by atoms with Crippen molar-refractivity contribution in [3.05, 3.63) is 23.4 Å². The summed E-state index contributed by atoms with van der Waals surface area (Å²) in [6.45, 7) is 0. The van der Waals surface area contributed by atoms with E-state index >= 15 is 0 Å². The summed E-state index contributed by atoms with van der Waals surface area (Å²) in [6.07, 6.45) is 1.68. The summed E-state index contributed by atoms with van der Waals surface area (Å²) in [4.78, 5) is 11.9. The van der Waals surface area contributed by atoms with Crippen LogP contribution in [0.25, 0.3) is 6.08 Å². The number of benzene rings is 1. The van der Waals surface area contributed by atoms with Crippen LogP contribution in [-0.2, 0) is 4.79 Å². The molecule has 0 saturated carbocycles.